The van der Waals surface area contributed by atoms with Crippen LogP contribution in [0.1, 0.15) is 29.6 Å². The molecule has 5 heteroatoms. The zero-order chi connectivity index (χ0) is 13.5. The molecule has 0 radical (unpaired) electrons. The normalized spacial score (nSPS) is 24.3. The number of thiophene rings is 1. The van der Waals surface area contributed by atoms with Crippen molar-refractivity contribution in [2.45, 2.75) is 19.3 Å². The number of esters is 1. The summed E-state index contributed by atoms with van der Waals surface area (Å²) in [7, 11) is 1.45. The predicted octanol–water partition coefficient (Wildman–Crippen LogP) is 2.16. The van der Waals surface area contributed by atoms with E-state index in [-0.39, 0.29) is 23.2 Å². The molecule has 1 saturated carbocycles. The zero-order valence-electron chi connectivity index (χ0n) is 10.9. The van der Waals surface area contributed by atoms with Gasteiger partial charge in [0, 0.05) is 18.5 Å². The number of rotatable bonds is 2. The molecule has 4 nitrogen and oxygen atoms in total. The maximum absolute atomic E-state index is 12.2. The minimum Gasteiger partial charge on any atom is -0.469 e. The van der Waals surface area contributed by atoms with Gasteiger partial charge in [0.2, 0.25) is 0 Å². The van der Waals surface area contributed by atoms with E-state index in [0.717, 1.165) is 37.9 Å². The minimum absolute atomic E-state index is 0.0656. The average Bonchev–Trinajstić information content (AvgIpc) is 2.91. The number of nitrogens with zero attached hydrogens (tertiary/aromatic N) is 1. The van der Waals surface area contributed by atoms with Crippen LogP contribution >= 0.6 is 11.3 Å². The van der Waals surface area contributed by atoms with Crippen molar-refractivity contribution in [3.63, 3.8) is 0 Å². The molecule has 2 fully saturated rings. The highest BCUT2D eigenvalue weighted by molar-refractivity contribution is 7.08. The van der Waals surface area contributed by atoms with Gasteiger partial charge in [-0.15, -0.1) is 0 Å². The van der Waals surface area contributed by atoms with Crippen molar-refractivity contribution in [3.05, 3.63) is 22.4 Å². The van der Waals surface area contributed by atoms with Gasteiger partial charge in [0.1, 0.15) is 0 Å². The molecule has 1 aliphatic carbocycles. The fourth-order valence-corrected chi connectivity index (χ4v) is 3.73. The molecule has 19 heavy (non-hydrogen) atoms. The molecule has 1 spiro atoms. The Morgan fingerprint density at radius 3 is 2.74 bits per heavy atom. The third kappa shape index (κ3) is 2.16. The standard InChI is InChI=1S/C14H17NO3S/c1-18-13(17)11-8-14(11)3-5-15(6-4-14)12(16)10-2-7-19-9-10/h2,7,9,11H,3-6,8H2,1H3. The highest BCUT2D eigenvalue weighted by Gasteiger charge is 2.59. The Morgan fingerprint density at radius 2 is 2.16 bits per heavy atom. The first-order valence-electron chi connectivity index (χ1n) is 6.56. The number of hydrogen-bond donors (Lipinski definition) is 0. The number of carbonyl (C=O) groups is 2. The second-order valence-electron chi connectivity index (χ2n) is 5.45. The van der Waals surface area contributed by atoms with Gasteiger partial charge in [0.15, 0.2) is 0 Å². The highest BCUT2D eigenvalue weighted by Crippen LogP contribution is 2.59. The molecular formula is C14H17NO3S. The Morgan fingerprint density at radius 1 is 1.42 bits per heavy atom. The molecule has 1 atom stereocenters. The number of piperidine rings is 1. The third-order valence-corrected chi connectivity index (χ3v) is 5.17. The molecule has 1 saturated heterocycles. The molecule has 1 amide bonds. The first-order valence-corrected chi connectivity index (χ1v) is 7.50. The summed E-state index contributed by atoms with van der Waals surface area (Å²) in [5.41, 5.74) is 0.902. The molecule has 0 aromatic carbocycles. The predicted molar refractivity (Wildman–Crippen MR) is 72.0 cm³/mol. The molecule has 2 aliphatic rings. The van der Waals surface area contributed by atoms with Crippen LogP contribution in [0.2, 0.25) is 0 Å². The lowest BCUT2D eigenvalue weighted by atomic mass is 9.90. The lowest BCUT2D eigenvalue weighted by Gasteiger charge is -2.32. The lowest BCUT2D eigenvalue weighted by Crippen LogP contribution is -2.39. The molecule has 1 aromatic rings. The van der Waals surface area contributed by atoms with Crippen LogP contribution in [0.4, 0.5) is 0 Å². The van der Waals surface area contributed by atoms with Gasteiger partial charge in [-0.05, 0) is 36.1 Å². The van der Waals surface area contributed by atoms with Crippen LogP contribution in [0.5, 0.6) is 0 Å². The van der Waals surface area contributed by atoms with E-state index < -0.39 is 0 Å². The quantitative estimate of drug-likeness (QED) is 0.779. The van der Waals surface area contributed by atoms with Gasteiger partial charge < -0.3 is 9.64 Å². The van der Waals surface area contributed by atoms with Crippen molar-refractivity contribution < 1.29 is 14.3 Å². The first kappa shape index (κ1) is 12.7. The van der Waals surface area contributed by atoms with Crippen LogP contribution in [-0.2, 0) is 9.53 Å². The minimum atomic E-state index is -0.0855. The Balaban J connectivity index is 1.59. The van der Waals surface area contributed by atoms with E-state index in [1.54, 1.807) is 11.3 Å². The number of likely N-dealkylation sites (tertiary alicyclic amines) is 1. The first-order chi connectivity index (χ1) is 9.16. The van der Waals surface area contributed by atoms with Crippen LogP contribution in [-0.4, -0.2) is 37.0 Å². The van der Waals surface area contributed by atoms with Crippen molar-refractivity contribution in [2.24, 2.45) is 11.3 Å². The largest absolute Gasteiger partial charge is 0.469 e. The molecule has 0 bridgehead atoms. The van der Waals surface area contributed by atoms with Crippen molar-refractivity contribution in [1.29, 1.82) is 0 Å². The topological polar surface area (TPSA) is 46.6 Å². The van der Waals surface area contributed by atoms with Gasteiger partial charge in [-0.25, -0.2) is 0 Å². The van der Waals surface area contributed by atoms with Crippen molar-refractivity contribution in [2.75, 3.05) is 20.2 Å². The van der Waals surface area contributed by atoms with E-state index >= 15 is 0 Å². The second-order valence-corrected chi connectivity index (χ2v) is 6.23. The van der Waals surface area contributed by atoms with Gasteiger partial charge in [0.05, 0.1) is 18.6 Å². The van der Waals surface area contributed by atoms with Crippen LogP contribution in [0, 0.1) is 11.3 Å². The van der Waals surface area contributed by atoms with Gasteiger partial charge in [0.25, 0.3) is 5.91 Å². The Kier molecular flexibility index (Phi) is 3.09. The molecule has 1 unspecified atom stereocenters. The van der Waals surface area contributed by atoms with E-state index in [0.29, 0.717) is 0 Å². The summed E-state index contributed by atoms with van der Waals surface area (Å²) in [6, 6.07) is 1.87. The number of methoxy groups -OCH3 is 1. The van der Waals surface area contributed by atoms with E-state index in [9.17, 15) is 9.59 Å². The summed E-state index contributed by atoms with van der Waals surface area (Å²) in [6.07, 6.45) is 2.77. The molecule has 2 heterocycles. The molecule has 1 aliphatic heterocycles. The second kappa shape index (κ2) is 4.63. The Labute approximate surface area is 116 Å². The fourth-order valence-electron chi connectivity index (χ4n) is 3.10. The van der Waals surface area contributed by atoms with Crippen LogP contribution in [0.15, 0.2) is 16.8 Å². The Bertz CT molecular complexity index is 489. The van der Waals surface area contributed by atoms with Gasteiger partial charge in [-0.2, -0.15) is 11.3 Å². The van der Waals surface area contributed by atoms with Crippen molar-refractivity contribution in [1.82, 2.24) is 4.90 Å². The van der Waals surface area contributed by atoms with Crippen molar-refractivity contribution in [3.8, 4) is 0 Å². The Hall–Kier alpha value is -1.36. The van der Waals surface area contributed by atoms with E-state index in [1.165, 1.54) is 7.11 Å². The molecule has 3 rings (SSSR count). The lowest BCUT2D eigenvalue weighted by molar-refractivity contribution is -0.143. The molecule has 0 N–H and O–H groups in total. The summed E-state index contributed by atoms with van der Waals surface area (Å²) in [5.74, 6) is 0.0971. The third-order valence-electron chi connectivity index (χ3n) is 4.49. The monoisotopic (exact) mass is 279 g/mol. The van der Waals surface area contributed by atoms with E-state index in [1.807, 2.05) is 21.7 Å². The fraction of sp³-hybridized carbons (Fsp3) is 0.571. The maximum Gasteiger partial charge on any atom is 0.309 e. The van der Waals surface area contributed by atoms with E-state index in [2.05, 4.69) is 0 Å². The average molecular weight is 279 g/mol. The van der Waals surface area contributed by atoms with Crippen LogP contribution < -0.4 is 0 Å². The summed E-state index contributed by atoms with van der Waals surface area (Å²) in [6.45, 7) is 1.50. The highest BCUT2D eigenvalue weighted by atomic mass is 32.1. The van der Waals surface area contributed by atoms with Gasteiger partial charge in [-0.3, -0.25) is 9.59 Å². The summed E-state index contributed by atoms with van der Waals surface area (Å²) >= 11 is 1.54. The number of carbonyl (C=O) groups excluding carboxylic acids is 2. The molecule has 1 aromatic heterocycles. The number of ether oxygens (including phenoxy) is 1. The van der Waals surface area contributed by atoms with Gasteiger partial charge in [-0.1, -0.05) is 0 Å². The van der Waals surface area contributed by atoms with E-state index in [4.69, 9.17) is 4.74 Å². The number of hydrogen-bond acceptors (Lipinski definition) is 4. The van der Waals surface area contributed by atoms with Crippen LogP contribution in [0.3, 0.4) is 0 Å². The van der Waals surface area contributed by atoms with Crippen LogP contribution in [0.25, 0.3) is 0 Å². The summed E-state index contributed by atoms with van der Waals surface area (Å²) in [4.78, 5) is 25.7. The number of amides is 1. The summed E-state index contributed by atoms with van der Waals surface area (Å²) < 4.78 is 4.82. The molecule has 102 valence electrons. The zero-order valence-corrected chi connectivity index (χ0v) is 11.7. The smallest absolute Gasteiger partial charge is 0.309 e. The van der Waals surface area contributed by atoms with Crippen molar-refractivity contribution >= 4 is 23.2 Å². The molecular weight excluding hydrogens is 262 g/mol. The summed E-state index contributed by atoms with van der Waals surface area (Å²) in [5, 5.41) is 3.81. The maximum atomic E-state index is 12.2. The van der Waals surface area contributed by atoms with Gasteiger partial charge >= 0.3 is 5.97 Å². The SMILES string of the molecule is COC(=O)C1CC12CCN(C(=O)c1ccsc1)CC2.